The van der Waals surface area contributed by atoms with E-state index in [-0.39, 0.29) is 6.04 Å². The van der Waals surface area contributed by atoms with Gasteiger partial charge in [0.05, 0.1) is 12.7 Å². The summed E-state index contributed by atoms with van der Waals surface area (Å²) in [6, 6.07) is 3.54. The van der Waals surface area contributed by atoms with Gasteiger partial charge in [0.15, 0.2) is 0 Å². The Hall–Kier alpha value is -1.10. The molecule has 0 saturated heterocycles. The largest absolute Gasteiger partial charge is 0.494 e. The minimum absolute atomic E-state index is 0.328. The van der Waals surface area contributed by atoms with E-state index >= 15 is 0 Å². The van der Waals surface area contributed by atoms with Gasteiger partial charge in [0.2, 0.25) is 0 Å². The molecule has 18 heavy (non-hydrogen) atoms. The summed E-state index contributed by atoms with van der Waals surface area (Å²) in [5.74, 6) is 0.829. The predicted molar refractivity (Wildman–Crippen MR) is 73.7 cm³/mol. The molecule has 2 unspecified atom stereocenters. The van der Waals surface area contributed by atoms with Crippen molar-refractivity contribution in [1.82, 2.24) is 0 Å². The summed E-state index contributed by atoms with van der Waals surface area (Å²) in [5, 5.41) is 10.3. The van der Waals surface area contributed by atoms with E-state index in [4.69, 9.17) is 16.2 Å². The maximum atomic E-state index is 10.3. The number of aliphatic hydroxyl groups excluding tert-OH is 1. The third-order valence-electron chi connectivity index (χ3n) is 3.08. The Kier molecular flexibility index (Phi) is 5.59. The van der Waals surface area contributed by atoms with Crippen LogP contribution in [0.25, 0.3) is 0 Å². The van der Waals surface area contributed by atoms with Crippen molar-refractivity contribution in [3.63, 3.8) is 0 Å². The first kappa shape index (κ1) is 15.0. The van der Waals surface area contributed by atoms with Crippen LogP contribution in [-0.4, -0.2) is 24.3 Å². The van der Waals surface area contributed by atoms with Crippen LogP contribution in [0.15, 0.2) is 12.1 Å². The van der Waals surface area contributed by atoms with Crippen LogP contribution in [0.2, 0.25) is 0 Å². The summed E-state index contributed by atoms with van der Waals surface area (Å²) in [6.45, 7) is 6.98. The van der Waals surface area contributed by atoms with Crippen LogP contribution < -0.4 is 16.2 Å². The minimum atomic E-state index is -0.677. The summed E-state index contributed by atoms with van der Waals surface area (Å²) in [4.78, 5) is 0. The van der Waals surface area contributed by atoms with E-state index in [2.05, 4.69) is 0 Å². The summed E-state index contributed by atoms with van der Waals surface area (Å²) in [5.41, 5.74) is 14.3. The van der Waals surface area contributed by atoms with Crippen LogP contribution in [0.4, 0.5) is 0 Å². The molecule has 5 N–H and O–H groups in total. The van der Waals surface area contributed by atoms with Crippen LogP contribution in [0.5, 0.6) is 5.75 Å². The van der Waals surface area contributed by atoms with Crippen LogP contribution in [0, 0.1) is 13.8 Å². The Morgan fingerprint density at radius 2 is 1.83 bits per heavy atom. The zero-order chi connectivity index (χ0) is 13.7. The molecule has 2 atom stereocenters. The Morgan fingerprint density at radius 3 is 2.28 bits per heavy atom. The first-order chi connectivity index (χ1) is 8.51. The zero-order valence-corrected chi connectivity index (χ0v) is 11.4. The van der Waals surface area contributed by atoms with Gasteiger partial charge in [-0.15, -0.1) is 0 Å². The number of nitrogens with two attached hydrogens (primary N) is 2. The Labute approximate surface area is 109 Å². The van der Waals surface area contributed by atoms with Crippen molar-refractivity contribution in [1.29, 1.82) is 0 Å². The zero-order valence-electron chi connectivity index (χ0n) is 11.4. The van der Waals surface area contributed by atoms with Gasteiger partial charge in [-0.2, -0.15) is 0 Å². The Bertz CT molecular complexity index is 370. The van der Waals surface area contributed by atoms with Gasteiger partial charge in [-0.25, -0.2) is 0 Å². The highest BCUT2D eigenvalue weighted by Crippen LogP contribution is 2.29. The molecule has 1 aromatic carbocycles. The summed E-state index contributed by atoms with van der Waals surface area (Å²) in [6.07, 6.45) is -0.0722. The van der Waals surface area contributed by atoms with Gasteiger partial charge < -0.3 is 21.3 Å². The molecule has 0 spiro atoms. The number of aliphatic hydroxyl groups is 1. The van der Waals surface area contributed by atoms with Crippen molar-refractivity contribution in [3.8, 4) is 5.75 Å². The highest BCUT2D eigenvalue weighted by Gasteiger charge is 2.20. The first-order valence-electron chi connectivity index (χ1n) is 6.38. The van der Waals surface area contributed by atoms with Gasteiger partial charge in [-0.3, -0.25) is 0 Å². The fraction of sp³-hybridized carbons (Fsp3) is 0.571. The fourth-order valence-electron chi connectivity index (χ4n) is 2.22. The van der Waals surface area contributed by atoms with Gasteiger partial charge in [-0.1, -0.05) is 0 Å². The minimum Gasteiger partial charge on any atom is -0.494 e. The summed E-state index contributed by atoms with van der Waals surface area (Å²) >= 11 is 0. The van der Waals surface area contributed by atoms with Gasteiger partial charge in [0.1, 0.15) is 5.75 Å². The lowest BCUT2D eigenvalue weighted by Crippen LogP contribution is -2.31. The van der Waals surface area contributed by atoms with Crippen molar-refractivity contribution in [2.75, 3.05) is 13.2 Å². The highest BCUT2D eigenvalue weighted by molar-refractivity contribution is 5.42. The summed E-state index contributed by atoms with van der Waals surface area (Å²) in [7, 11) is 0. The molecule has 0 heterocycles. The molecule has 0 fully saturated rings. The molecular formula is C14H24N2O2. The molecule has 0 aliphatic carbocycles. The lowest BCUT2D eigenvalue weighted by atomic mass is 9.92. The highest BCUT2D eigenvalue weighted by atomic mass is 16.5. The third kappa shape index (κ3) is 3.45. The average Bonchev–Trinajstić information content (AvgIpc) is 2.28. The molecule has 0 radical (unpaired) electrons. The number of hydrogen-bond donors (Lipinski definition) is 3. The first-order valence-corrected chi connectivity index (χ1v) is 6.38. The number of aryl methyl sites for hydroxylation is 2. The van der Waals surface area contributed by atoms with E-state index < -0.39 is 6.10 Å². The molecule has 0 aliphatic rings. The van der Waals surface area contributed by atoms with Crippen molar-refractivity contribution in [2.24, 2.45) is 11.5 Å². The van der Waals surface area contributed by atoms with Crippen molar-refractivity contribution in [2.45, 2.75) is 39.3 Å². The van der Waals surface area contributed by atoms with Gasteiger partial charge >= 0.3 is 0 Å². The number of hydrogen-bond acceptors (Lipinski definition) is 4. The normalized spacial score (nSPS) is 14.3. The molecule has 4 heteroatoms. The van der Waals surface area contributed by atoms with E-state index in [1.165, 1.54) is 0 Å². The standard InChI is InChI=1S/C14H24N2O2/c1-4-18-11-7-9(2)13(10(3)8-11)14(17)12(16)5-6-15/h7-8,12,14,17H,4-6,15-16H2,1-3H3. The number of ether oxygens (including phenoxy) is 1. The molecule has 0 aliphatic heterocycles. The quantitative estimate of drug-likeness (QED) is 0.715. The predicted octanol–water partition coefficient (Wildman–Crippen LogP) is 1.41. The van der Waals surface area contributed by atoms with Crippen LogP contribution in [-0.2, 0) is 0 Å². The second-order valence-electron chi connectivity index (χ2n) is 4.59. The molecular weight excluding hydrogens is 228 g/mol. The Morgan fingerprint density at radius 1 is 1.28 bits per heavy atom. The summed E-state index contributed by atoms with van der Waals surface area (Å²) < 4.78 is 5.48. The third-order valence-corrected chi connectivity index (χ3v) is 3.08. The molecule has 1 rings (SSSR count). The van der Waals surface area contributed by atoms with E-state index in [1.807, 2.05) is 32.9 Å². The molecule has 102 valence electrons. The van der Waals surface area contributed by atoms with E-state index in [0.29, 0.717) is 19.6 Å². The number of benzene rings is 1. The number of rotatable bonds is 6. The van der Waals surface area contributed by atoms with Crippen LogP contribution >= 0.6 is 0 Å². The van der Waals surface area contributed by atoms with Crippen LogP contribution in [0.1, 0.15) is 36.1 Å². The lowest BCUT2D eigenvalue weighted by Gasteiger charge is -2.23. The second kappa shape index (κ2) is 6.73. The molecule has 0 bridgehead atoms. The monoisotopic (exact) mass is 252 g/mol. The maximum absolute atomic E-state index is 10.3. The van der Waals surface area contributed by atoms with Gasteiger partial charge in [0.25, 0.3) is 0 Å². The fourth-order valence-corrected chi connectivity index (χ4v) is 2.22. The van der Waals surface area contributed by atoms with Crippen LogP contribution in [0.3, 0.4) is 0 Å². The van der Waals surface area contributed by atoms with Crippen molar-refractivity contribution in [3.05, 3.63) is 28.8 Å². The second-order valence-corrected chi connectivity index (χ2v) is 4.59. The molecule has 0 amide bonds. The smallest absolute Gasteiger partial charge is 0.119 e. The SMILES string of the molecule is CCOc1cc(C)c(C(O)C(N)CCN)c(C)c1. The molecule has 0 aromatic heterocycles. The molecule has 0 saturated carbocycles. The molecule has 1 aromatic rings. The van der Waals surface area contributed by atoms with E-state index in [0.717, 1.165) is 22.4 Å². The van der Waals surface area contributed by atoms with E-state index in [1.54, 1.807) is 0 Å². The van der Waals surface area contributed by atoms with Crippen molar-refractivity contribution >= 4 is 0 Å². The van der Waals surface area contributed by atoms with Crippen molar-refractivity contribution < 1.29 is 9.84 Å². The van der Waals surface area contributed by atoms with Gasteiger partial charge in [-0.05, 0) is 62.6 Å². The van der Waals surface area contributed by atoms with E-state index in [9.17, 15) is 5.11 Å². The Balaban J connectivity index is 3.02. The average molecular weight is 252 g/mol. The topological polar surface area (TPSA) is 81.5 Å². The van der Waals surface area contributed by atoms with Gasteiger partial charge in [0, 0.05) is 6.04 Å². The molecule has 4 nitrogen and oxygen atoms in total. The lowest BCUT2D eigenvalue weighted by molar-refractivity contribution is 0.142. The maximum Gasteiger partial charge on any atom is 0.119 e.